The van der Waals surface area contributed by atoms with Gasteiger partial charge < -0.3 is 9.88 Å². The van der Waals surface area contributed by atoms with Crippen LogP contribution in [0.3, 0.4) is 0 Å². The second kappa shape index (κ2) is 5.18. The minimum atomic E-state index is -2.78. The Balaban J connectivity index is 1.97. The molecular formula is C11H19N3O2S. The highest BCUT2D eigenvalue weighted by molar-refractivity contribution is 7.91. The van der Waals surface area contributed by atoms with Gasteiger partial charge in [0, 0.05) is 19.3 Å². The van der Waals surface area contributed by atoms with E-state index in [0.29, 0.717) is 11.5 Å². The average Bonchev–Trinajstić information content (AvgIpc) is 2.83. The van der Waals surface area contributed by atoms with E-state index in [1.807, 2.05) is 6.20 Å². The molecule has 2 heterocycles. The molecule has 0 aliphatic carbocycles. The monoisotopic (exact) mass is 257 g/mol. The molecule has 1 atom stereocenters. The van der Waals surface area contributed by atoms with Crippen LogP contribution in [0.4, 0.5) is 0 Å². The maximum absolute atomic E-state index is 11.4. The molecule has 0 aromatic carbocycles. The van der Waals surface area contributed by atoms with Gasteiger partial charge in [-0.2, -0.15) is 0 Å². The van der Waals surface area contributed by atoms with E-state index in [9.17, 15) is 8.42 Å². The molecule has 5 nitrogen and oxygen atoms in total. The Morgan fingerprint density at radius 1 is 1.59 bits per heavy atom. The SMILES string of the molecule is CCNCc1cncn1CC1CCS(=O)(=O)C1. The molecule has 1 aromatic heterocycles. The van der Waals surface area contributed by atoms with Gasteiger partial charge in [0.25, 0.3) is 0 Å². The van der Waals surface area contributed by atoms with E-state index in [1.165, 1.54) is 0 Å². The molecule has 17 heavy (non-hydrogen) atoms. The van der Waals surface area contributed by atoms with E-state index in [-0.39, 0.29) is 5.92 Å². The van der Waals surface area contributed by atoms with Crippen molar-refractivity contribution >= 4 is 9.84 Å². The number of sulfone groups is 1. The van der Waals surface area contributed by atoms with Gasteiger partial charge in [0.15, 0.2) is 9.84 Å². The van der Waals surface area contributed by atoms with Gasteiger partial charge in [-0.3, -0.25) is 0 Å². The molecule has 0 amide bonds. The van der Waals surface area contributed by atoms with E-state index < -0.39 is 9.84 Å². The fraction of sp³-hybridized carbons (Fsp3) is 0.727. The largest absolute Gasteiger partial charge is 0.333 e. The Morgan fingerprint density at radius 2 is 2.41 bits per heavy atom. The third-order valence-corrected chi connectivity index (χ3v) is 4.97. The second-order valence-electron chi connectivity index (χ2n) is 4.59. The zero-order valence-electron chi connectivity index (χ0n) is 10.1. The minimum Gasteiger partial charge on any atom is -0.333 e. The van der Waals surface area contributed by atoms with Crippen LogP contribution in [0.1, 0.15) is 19.0 Å². The summed E-state index contributed by atoms with van der Waals surface area (Å²) in [5.41, 5.74) is 1.12. The third kappa shape index (κ3) is 3.29. The zero-order chi connectivity index (χ0) is 12.3. The van der Waals surface area contributed by atoms with Gasteiger partial charge in [-0.05, 0) is 18.9 Å². The number of imidazole rings is 1. The molecule has 1 aliphatic heterocycles. The van der Waals surface area contributed by atoms with Crippen molar-refractivity contribution < 1.29 is 8.42 Å². The summed E-state index contributed by atoms with van der Waals surface area (Å²) in [5, 5.41) is 3.25. The number of hydrogen-bond donors (Lipinski definition) is 1. The summed E-state index contributed by atoms with van der Waals surface area (Å²) in [4.78, 5) is 4.13. The van der Waals surface area contributed by atoms with Crippen LogP contribution in [-0.2, 0) is 22.9 Å². The molecule has 1 N–H and O–H groups in total. The number of aromatic nitrogens is 2. The summed E-state index contributed by atoms with van der Waals surface area (Å²) < 4.78 is 24.8. The molecule has 96 valence electrons. The summed E-state index contributed by atoms with van der Waals surface area (Å²) >= 11 is 0. The van der Waals surface area contributed by atoms with Crippen molar-refractivity contribution in [3.8, 4) is 0 Å². The van der Waals surface area contributed by atoms with Crippen molar-refractivity contribution in [1.82, 2.24) is 14.9 Å². The Morgan fingerprint density at radius 3 is 3.06 bits per heavy atom. The van der Waals surface area contributed by atoms with Crippen LogP contribution >= 0.6 is 0 Å². The van der Waals surface area contributed by atoms with E-state index in [2.05, 4.69) is 21.8 Å². The first-order valence-corrected chi connectivity index (χ1v) is 7.83. The molecule has 1 aliphatic rings. The fourth-order valence-corrected chi connectivity index (χ4v) is 4.06. The van der Waals surface area contributed by atoms with Gasteiger partial charge in [0.05, 0.1) is 23.5 Å². The predicted octanol–water partition coefficient (Wildman–Crippen LogP) is 0.427. The topological polar surface area (TPSA) is 64.0 Å². The molecule has 0 saturated carbocycles. The molecule has 1 unspecified atom stereocenters. The molecule has 2 rings (SSSR count). The summed E-state index contributed by atoms with van der Waals surface area (Å²) in [6, 6.07) is 0. The summed E-state index contributed by atoms with van der Waals surface area (Å²) in [7, 11) is -2.78. The fourth-order valence-electron chi connectivity index (χ4n) is 2.21. The van der Waals surface area contributed by atoms with E-state index in [4.69, 9.17) is 0 Å². The van der Waals surface area contributed by atoms with Crippen molar-refractivity contribution in [2.75, 3.05) is 18.1 Å². The van der Waals surface area contributed by atoms with E-state index >= 15 is 0 Å². The third-order valence-electron chi connectivity index (χ3n) is 3.14. The number of hydrogen-bond acceptors (Lipinski definition) is 4. The maximum atomic E-state index is 11.4. The predicted molar refractivity (Wildman–Crippen MR) is 66.4 cm³/mol. The van der Waals surface area contributed by atoms with Crippen LogP contribution < -0.4 is 5.32 Å². The van der Waals surface area contributed by atoms with Gasteiger partial charge in [-0.15, -0.1) is 0 Å². The first kappa shape index (κ1) is 12.6. The molecular weight excluding hydrogens is 238 g/mol. The highest BCUT2D eigenvalue weighted by Crippen LogP contribution is 2.20. The lowest BCUT2D eigenvalue weighted by atomic mass is 10.1. The van der Waals surface area contributed by atoms with Gasteiger partial charge in [-0.25, -0.2) is 13.4 Å². The van der Waals surface area contributed by atoms with Crippen molar-refractivity contribution in [1.29, 1.82) is 0 Å². The molecule has 0 spiro atoms. The van der Waals surface area contributed by atoms with Crippen LogP contribution in [0.5, 0.6) is 0 Å². The lowest BCUT2D eigenvalue weighted by Crippen LogP contribution is -2.18. The second-order valence-corrected chi connectivity index (χ2v) is 6.82. The van der Waals surface area contributed by atoms with Gasteiger partial charge in [-0.1, -0.05) is 6.92 Å². The number of nitrogens with zero attached hydrogens (tertiary/aromatic N) is 2. The Labute approximate surface area is 102 Å². The quantitative estimate of drug-likeness (QED) is 0.830. The van der Waals surface area contributed by atoms with Crippen LogP contribution in [0.25, 0.3) is 0 Å². The molecule has 6 heteroatoms. The normalized spacial score (nSPS) is 23.0. The maximum Gasteiger partial charge on any atom is 0.150 e. The minimum absolute atomic E-state index is 0.245. The Kier molecular flexibility index (Phi) is 3.83. The number of nitrogens with one attached hydrogen (secondary N) is 1. The Bertz CT molecular complexity index is 467. The molecule has 0 radical (unpaired) electrons. The van der Waals surface area contributed by atoms with Gasteiger partial charge in [0.1, 0.15) is 0 Å². The molecule has 1 saturated heterocycles. The lowest BCUT2D eigenvalue weighted by molar-refractivity contribution is 0.475. The lowest BCUT2D eigenvalue weighted by Gasteiger charge is -2.12. The van der Waals surface area contributed by atoms with Crippen LogP contribution in [0.15, 0.2) is 12.5 Å². The van der Waals surface area contributed by atoms with E-state index in [1.54, 1.807) is 6.33 Å². The highest BCUT2D eigenvalue weighted by Gasteiger charge is 2.28. The first-order valence-electron chi connectivity index (χ1n) is 6.01. The van der Waals surface area contributed by atoms with Gasteiger partial charge >= 0.3 is 0 Å². The molecule has 0 bridgehead atoms. The zero-order valence-corrected chi connectivity index (χ0v) is 10.9. The summed E-state index contributed by atoms with van der Waals surface area (Å²) in [6.45, 7) is 4.53. The van der Waals surface area contributed by atoms with Crippen molar-refractivity contribution in [3.63, 3.8) is 0 Å². The van der Waals surface area contributed by atoms with Crippen molar-refractivity contribution in [2.24, 2.45) is 5.92 Å². The first-order chi connectivity index (χ1) is 8.11. The van der Waals surface area contributed by atoms with Crippen LogP contribution in [0, 0.1) is 5.92 Å². The molecule has 1 fully saturated rings. The average molecular weight is 257 g/mol. The smallest absolute Gasteiger partial charge is 0.150 e. The standard InChI is InChI=1S/C11H19N3O2S/c1-2-12-5-11-6-13-9-14(11)7-10-3-4-17(15,16)8-10/h6,9-10,12H,2-5,7-8H2,1H3. The van der Waals surface area contributed by atoms with Crippen molar-refractivity contribution in [3.05, 3.63) is 18.2 Å². The summed E-state index contributed by atoms with van der Waals surface area (Å²) in [5.74, 6) is 0.912. The van der Waals surface area contributed by atoms with Crippen molar-refractivity contribution in [2.45, 2.75) is 26.4 Å². The molecule has 1 aromatic rings. The Hall–Kier alpha value is -0.880. The van der Waals surface area contributed by atoms with Crippen LogP contribution in [-0.4, -0.2) is 36.0 Å². The number of rotatable bonds is 5. The van der Waals surface area contributed by atoms with E-state index in [0.717, 1.165) is 31.7 Å². The highest BCUT2D eigenvalue weighted by atomic mass is 32.2. The van der Waals surface area contributed by atoms with Crippen LogP contribution in [0.2, 0.25) is 0 Å². The summed E-state index contributed by atoms with van der Waals surface area (Å²) in [6.07, 6.45) is 4.41. The van der Waals surface area contributed by atoms with Gasteiger partial charge in [0.2, 0.25) is 0 Å².